The zero-order valence-corrected chi connectivity index (χ0v) is 10.3. The van der Waals surface area contributed by atoms with Crippen molar-refractivity contribution in [3.8, 4) is 0 Å². The molecule has 0 aromatic heterocycles. The Kier molecular flexibility index (Phi) is 2.80. The molecule has 88 valence electrons. The van der Waals surface area contributed by atoms with Crippen molar-refractivity contribution in [1.82, 2.24) is 0 Å². The van der Waals surface area contributed by atoms with Gasteiger partial charge in [-0.05, 0) is 44.5 Å². The van der Waals surface area contributed by atoms with Gasteiger partial charge in [-0.2, -0.15) is 0 Å². The molecule has 0 radical (unpaired) electrons. The molecule has 0 aliphatic carbocycles. The average Bonchev–Trinajstić information content (AvgIpc) is 2.20. The van der Waals surface area contributed by atoms with Crippen molar-refractivity contribution < 1.29 is 4.74 Å². The highest BCUT2D eigenvalue weighted by Crippen LogP contribution is 2.25. The third kappa shape index (κ3) is 2.30. The Balaban J connectivity index is 2.20. The number of aryl methyl sites for hydroxylation is 1. The molecule has 1 aromatic rings. The fourth-order valence-corrected chi connectivity index (χ4v) is 2.09. The number of nitrogen functional groups attached to an aromatic ring is 1. The molecule has 0 atom stereocenters. The summed E-state index contributed by atoms with van der Waals surface area (Å²) in [6, 6.07) is 6.22. The van der Waals surface area contributed by atoms with Gasteiger partial charge in [0.2, 0.25) is 0 Å². The van der Waals surface area contributed by atoms with E-state index in [1.165, 1.54) is 5.69 Å². The average molecular weight is 220 g/mol. The minimum atomic E-state index is -0.0620. The quantitative estimate of drug-likeness (QED) is 0.737. The molecule has 0 bridgehead atoms. The number of rotatable bonds is 1. The van der Waals surface area contributed by atoms with E-state index in [-0.39, 0.29) is 5.60 Å². The maximum Gasteiger partial charge on any atom is 0.0801 e. The van der Waals surface area contributed by atoms with Crippen molar-refractivity contribution in [2.45, 2.75) is 26.4 Å². The fraction of sp³-hybridized carbons (Fsp3) is 0.538. The lowest BCUT2D eigenvalue weighted by molar-refractivity contribution is -0.0276. The van der Waals surface area contributed by atoms with Crippen molar-refractivity contribution in [1.29, 1.82) is 0 Å². The third-order valence-corrected chi connectivity index (χ3v) is 3.04. The molecule has 2 N–H and O–H groups in total. The number of nitrogens with zero attached hydrogens (tertiary/aromatic N) is 1. The molecule has 3 heteroatoms. The summed E-state index contributed by atoms with van der Waals surface area (Å²) in [5, 5.41) is 0. The van der Waals surface area contributed by atoms with E-state index in [1.54, 1.807) is 0 Å². The molecule has 2 rings (SSSR count). The second kappa shape index (κ2) is 3.98. The van der Waals surface area contributed by atoms with Crippen molar-refractivity contribution in [3.63, 3.8) is 0 Å². The Hall–Kier alpha value is -1.22. The molecule has 0 unspecified atom stereocenters. The van der Waals surface area contributed by atoms with Crippen LogP contribution >= 0.6 is 0 Å². The molecule has 1 fully saturated rings. The first-order valence-electron chi connectivity index (χ1n) is 5.73. The fourth-order valence-electron chi connectivity index (χ4n) is 2.09. The molecule has 1 aliphatic heterocycles. The first-order chi connectivity index (χ1) is 7.48. The Labute approximate surface area is 97.2 Å². The van der Waals surface area contributed by atoms with Gasteiger partial charge in [0.25, 0.3) is 0 Å². The van der Waals surface area contributed by atoms with Crippen molar-refractivity contribution in [2.75, 3.05) is 30.3 Å². The lowest BCUT2D eigenvalue weighted by Gasteiger charge is -2.39. The van der Waals surface area contributed by atoms with E-state index in [9.17, 15) is 0 Å². The monoisotopic (exact) mass is 220 g/mol. The van der Waals surface area contributed by atoms with E-state index >= 15 is 0 Å². The van der Waals surface area contributed by atoms with Crippen LogP contribution < -0.4 is 10.6 Å². The molecule has 16 heavy (non-hydrogen) atoms. The summed E-state index contributed by atoms with van der Waals surface area (Å²) in [5.41, 5.74) is 9.00. The standard InChI is InChI=1S/C13H20N2O/c1-10-8-11(4-5-12(10)14)15-6-7-16-13(2,3)9-15/h4-5,8H,6-7,9,14H2,1-3H3. The van der Waals surface area contributed by atoms with Gasteiger partial charge in [0.15, 0.2) is 0 Å². The van der Waals surface area contributed by atoms with Gasteiger partial charge in [-0.1, -0.05) is 0 Å². The molecule has 0 spiro atoms. The highest BCUT2D eigenvalue weighted by atomic mass is 16.5. The van der Waals surface area contributed by atoms with Gasteiger partial charge >= 0.3 is 0 Å². The van der Waals surface area contributed by atoms with E-state index < -0.39 is 0 Å². The lowest BCUT2D eigenvalue weighted by atomic mass is 10.1. The van der Waals surface area contributed by atoms with Gasteiger partial charge < -0.3 is 15.4 Å². The minimum absolute atomic E-state index is 0.0620. The molecule has 1 heterocycles. The molecular formula is C13H20N2O. The van der Waals surface area contributed by atoms with E-state index in [2.05, 4.69) is 30.9 Å². The van der Waals surface area contributed by atoms with Crippen LogP contribution in [0.2, 0.25) is 0 Å². The second-order valence-electron chi connectivity index (χ2n) is 5.07. The number of benzene rings is 1. The zero-order chi connectivity index (χ0) is 11.8. The number of hydrogen-bond acceptors (Lipinski definition) is 3. The van der Waals surface area contributed by atoms with Crippen molar-refractivity contribution in [3.05, 3.63) is 23.8 Å². The van der Waals surface area contributed by atoms with E-state index in [0.29, 0.717) is 0 Å². The van der Waals surface area contributed by atoms with Crippen LogP contribution in [-0.2, 0) is 4.74 Å². The first kappa shape index (κ1) is 11.3. The summed E-state index contributed by atoms with van der Waals surface area (Å²) in [5.74, 6) is 0. The van der Waals surface area contributed by atoms with Gasteiger partial charge in [-0.25, -0.2) is 0 Å². The van der Waals surface area contributed by atoms with Crippen LogP contribution in [0.25, 0.3) is 0 Å². The molecule has 0 amide bonds. The highest BCUT2D eigenvalue weighted by molar-refractivity contribution is 5.58. The lowest BCUT2D eigenvalue weighted by Crippen LogP contribution is -2.48. The van der Waals surface area contributed by atoms with Gasteiger partial charge in [0.1, 0.15) is 0 Å². The number of morpholine rings is 1. The minimum Gasteiger partial charge on any atom is -0.399 e. The van der Waals surface area contributed by atoms with E-state index in [0.717, 1.165) is 30.9 Å². The van der Waals surface area contributed by atoms with Crippen LogP contribution in [0.1, 0.15) is 19.4 Å². The zero-order valence-electron chi connectivity index (χ0n) is 10.3. The van der Waals surface area contributed by atoms with Crippen LogP contribution in [-0.4, -0.2) is 25.3 Å². The Bertz CT molecular complexity index is 388. The topological polar surface area (TPSA) is 38.5 Å². The highest BCUT2D eigenvalue weighted by Gasteiger charge is 2.27. The predicted octanol–water partition coefficient (Wildman–Crippen LogP) is 2.19. The Morgan fingerprint density at radius 2 is 2.12 bits per heavy atom. The van der Waals surface area contributed by atoms with Crippen molar-refractivity contribution >= 4 is 11.4 Å². The smallest absolute Gasteiger partial charge is 0.0801 e. The van der Waals surface area contributed by atoms with Crippen LogP contribution in [0.3, 0.4) is 0 Å². The normalized spacial score (nSPS) is 19.8. The summed E-state index contributed by atoms with van der Waals surface area (Å²) in [4.78, 5) is 2.36. The summed E-state index contributed by atoms with van der Waals surface area (Å²) in [7, 11) is 0. The predicted molar refractivity (Wildman–Crippen MR) is 67.8 cm³/mol. The van der Waals surface area contributed by atoms with Gasteiger partial charge in [0, 0.05) is 24.5 Å². The largest absolute Gasteiger partial charge is 0.399 e. The Morgan fingerprint density at radius 3 is 2.75 bits per heavy atom. The van der Waals surface area contributed by atoms with Crippen LogP contribution in [0, 0.1) is 6.92 Å². The third-order valence-electron chi connectivity index (χ3n) is 3.04. The number of hydrogen-bond donors (Lipinski definition) is 1. The van der Waals surface area contributed by atoms with Crippen molar-refractivity contribution in [2.24, 2.45) is 0 Å². The van der Waals surface area contributed by atoms with E-state index in [1.807, 2.05) is 13.0 Å². The van der Waals surface area contributed by atoms with E-state index in [4.69, 9.17) is 10.5 Å². The summed E-state index contributed by atoms with van der Waals surface area (Å²) in [6.07, 6.45) is 0. The Morgan fingerprint density at radius 1 is 1.38 bits per heavy atom. The first-order valence-corrected chi connectivity index (χ1v) is 5.73. The summed E-state index contributed by atoms with van der Waals surface area (Å²) < 4.78 is 5.70. The molecule has 1 aliphatic rings. The molecule has 0 saturated carbocycles. The maximum atomic E-state index is 5.83. The molecular weight excluding hydrogens is 200 g/mol. The maximum absolute atomic E-state index is 5.83. The van der Waals surface area contributed by atoms with Crippen LogP contribution in [0.15, 0.2) is 18.2 Å². The second-order valence-corrected chi connectivity index (χ2v) is 5.07. The number of ether oxygens (including phenoxy) is 1. The van der Waals surface area contributed by atoms with Gasteiger partial charge in [-0.3, -0.25) is 0 Å². The molecule has 3 nitrogen and oxygen atoms in total. The summed E-state index contributed by atoms with van der Waals surface area (Å²) >= 11 is 0. The number of anilines is 2. The van der Waals surface area contributed by atoms with Gasteiger partial charge in [-0.15, -0.1) is 0 Å². The SMILES string of the molecule is Cc1cc(N2CCOC(C)(C)C2)ccc1N. The summed E-state index contributed by atoms with van der Waals surface area (Å²) in [6.45, 7) is 8.97. The van der Waals surface area contributed by atoms with Gasteiger partial charge in [0.05, 0.1) is 12.2 Å². The van der Waals surface area contributed by atoms with Crippen LogP contribution in [0.4, 0.5) is 11.4 Å². The molecule has 1 saturated heterocycles. The molecule has 1 aromatic carbocycles. The van der Waals surface area contributed by atoms with Crippen LogP contribution in [0.5, 0.6) is 0 Å². The number of nitrogens with two attached hydrogens (primary N) is 1.